The van der Waals surface area contributed by atoms with Crippen LogP contribution in [-0.2, 0) is 20.1 Å². The van der Waals surface area contributed by atoms with Gasteiger partial charge in [0.15, 0.2) is 0 Å². The highest BCUT2D eigenvalue weighted by molar-refractivity contribution is 7.89. The molecule has 0 heterocycles. The first-order chi connectivity index (χ1) is 10.1. The van der Waals surface area contributed by atoms with Crippen LogP contribution in [-0.4, -0.2) is 59.3 Å². The van der Waals surface area contributed by atoms with E-state index in [2.05, 4.69) is 0 Å². The molecule has 0 aliphatic carbocycles. The third-order valence-corrected chi connectivity index (χ3v) is 5.62. The minimum atomic E-state index is -4.12. The van der Waals surface area contributed by atoms with Crippen LogP contribution in [0.25, 0.3) is 0 Å². The van der Waals surface area contributed by atoms with Crippen LogP contribution in [0.1, 0.15) is 6.42 Å². The van der Waals surface area contributed by atoms with Crippen molar-refractivity contribution >= 4 is 20.1 Å². The van der Waals surface area contributed by atoms with E-state index < -0.39 is 25.9 Å². The van der Waals surface area contributed by atoms with Crippen LogP contribution < -0.4 is 9.47 Å². The second kappa shape index (κ2) is 7.27. The van der Waals surface area contributed by atoms with Gasteiger partial charge in [0.05, 0.1) is 20.0 Å². The highest BCUT2D eigenvalue weighted by Gasteiger charge is 2.25. The SMILES string of the molecule is COc1ccc(OC)c(S(=O)(=O)N(C)CCCS(=O)(=O)O)c1. The Morgan fingerprint density at radius 2 is 1.77 bits per heavy atom. The first-order valence-corrected chi connectivity index (χ1v) is 9.30. The van der Waals surface area contributed by atoms with Crippen molar-refractivity contribution in [2.24, 2.45) is 0 Å². The molecule has 1 rings (SSSR count). The van der Waals surface area contributed by atoms with Crippen LogP contribution in [0.2, 0.25) is 0 Å². The van der Waals surface area contributed by atoms with Crippen molar-refractivity contribution in [1.29, 1.82) is 0 Å². The molecule has 126 valence electrons. The Labute approximate surface area is 130 Å². The summed E-state index contributed by atoms with van der Waals surface area (Å²) in [5, 5.41) is 0. The molecule has 0 aliphatic heterocycles. The number of sulfonamides is 1. The number of hydrogen-bond donors (Lipinski definition) is 1. The van der Waals surface area contributed by atoms with Gasteiger partial charge in [-0.05, 0) is 18.6 Å². The van der Waals surface area contributed by atoms with Crippen LogP contribution in [0.4, 0.5) is 0 Å². The average Bonchev–Trinajstić information content (AvgIpc) is 2.44. The average molecular weight is 353 g/mol. The predicted molar refractivity (Wildman–Crippen MR) is 80.4 cm³/mol. The zero-order valence-corrected chi connectivity index (χ0v) is 14.1. The highest BCUT2D eigenvalue weighted by Crippen LogP contribution is 2.30. The van der Waals surface area contributed by atoms with Gasteiger partial charge in [-0.2, -0.15) is 8.42 Å². The van der Waals surface area contributed by atoms with Gasteiger partial charge in [-0.1, -0.05) is 0 Å². The minimum absolute atomic E-state index is 0.0269. The van der Waals surface area contributed by atoms with E-state index in [9.17, 15) is 16.8 Å². The second-order valence-electron chi connectivity index (χ2n) is 4.48. The molecule has 1 N–H and O–H groups in total. The third kappa shape index (κ3) is 4.83. The lowest BCUT2D eigenvalue weighted by molar-refractivity contribution is 0.388. The molecule has 8 nitrogen and oxygen atoms in total. The minimum Gasteiger partial charge on any atom is -0.497 e. The maximum atomic E-state index is 12.5. The Bertz CT molecular complexity index is 713. The third-order valence-electron chi connectivity index (χ3n) is 2.93. The van der Waals surface area contributed by atoms with E-state index >= 15 is 0 Å². The van der Waals surface area contributed by atoms with Crippen molar-refractivity contribution in [3.8, 4) is 11.5 Å². The Morgan fingerprint density at radius 1 is 1.14 bits per heavy atom. The van der Waals surface area contributed by atoms with Crippen LogP contribution in [0, 0.1) is 0 Å². The molecule has 1 aromatic rings. The molecule has 0 fully saturated rings. The van der Waals surface area contributed by atoms with E-state index in [1.165, 1.54) is 33.4 Å². The fourth-order valence-electron chi connectivity index (χ4n) is 1.74. The summed E-state index contributed by atoms with van der Waals surface area (Å²) in [5.41, 5.74) is 0. The largest absolute Gasteiger partial charge is 0.497 e. The van der Waals surface area contributed by atoms with Gasteiger partial charge in [-0.3, -0.25) is 4.55 Å². The zero-order chi connectivity index (χ0) is 17.0. The van der Waals surface area contributed by atoms with E-state index in [1.54, 1.807) is 6.07 Å². The van der Waals surface area contributed by atoms with Crippen molar-refractivity contribution in [3.63, 3.8) is 0 Å². The summed E-state index contributed by atoms with van der Waals surface area (Å²) in [4.78, 5) is -0.0799. The molecule has 22 heavy (non-hydrogen) atoms. The van der Waals surface area contributed by atoms with Crippen molar-refractivity contribution in [3.05, 3.63) is 18.2 Å². The number of benzene rings is 1. The molecule has 1 aromatic carbocycles. The van der Waals surface area contributed by atoms with E-state index in [1.807, 2.05) is 0 Å². The molecular formula is C12H19NO7S2. The van der Waals surface area contributed by atoms with Crippen molar-refractivity contribution in [1.82, 2.24) is 4.31 Å². The lowest BCUT2D eigenvalue weighted by Gasteiger charge is -2.19. The fraction of sp³-hybridized carbons (Fsp3) is 0.500. The van der Waals surface area contributed by atoms with Gasteiger partial charge < -0.3 is 9.47 Å². The molecule has 0 aromatic heterocycles. The van der Waals surface area contributed by atoms with Gasteiger partial charge in [0, 0.05) is 19.7 Å². The molecule has 0 unspecified atom stereocenters. The quantitative estimate of drug-likeness (QED) is 0.681. The van der Waals surface area contributed by atoms with E-state index in [0.29, 0.717) is 5.75 Å². The summed E-state index contributed by atoms with van der Waals surface area (Å²) in [6.07, 6.45) is -0.0269. The molecule has 0 saturated heterocycles. The number of nitrogens with zero attached hydrogens (tertiary/aromatic N) is 1. The lowest BCUT2D eigenvalue weighted by atomic mass is 10.3. The molecule has 0 atom stereocenters. The van der Waals surface area contributed by atoms with Crippen molar-refractivity contribution in [2.75, 3.05) is 33.6 Å². The van der Waals surface area contributed by atoms with Gasteiger partial charge in [0.2, 0.25) is 10.0 Å². The molecule has 0 radical (unpaired) electrons. The first-order valence-electron chi connectivity index (χ1n) is 6.25. The fourth-order valence-corrected chi connectivity index (χ4v) is 3.61. The van der Waals surface area contributed by atoms with E-state index in [-0.39, 0.29) is 23.6 Å². The smallest absolute Gasteiger partial charge is 0.264 e. The first kappa shape index (κ1) is 18.7. The Balaban J connectivity index is 3.02. The monoisotopic (exact) mass is 353 g/mol. The van der Waals surface area contributed by atoms with Gasteiger partial charge in [0.25, 0.3) is 10.1 Å². The molecular weight excluding hydrogens is 334 g/mol. The Kier molecular flexibility index (Phi) is 6.17. The van der Waals surface area contributed by atoms with E-state index in [4.69, 9.17) is 14.0 Å². The number of rotatable bonds is 8. The summed E-state index contributed by atoms with van der Waals surface area (Å²) in [5.74, 6) is -0.00426. The van der Waals surface area contributed by atoms with Crippen LogP contribution in [0.3, 0.4) is 0 Å². The Morgan fingerprint density at radius 3 is 2.27 bits per heavy atom. The molecule has 0 aliphatic rings. The topological polar surface area (TPSA) is 110 Å². The maximum absolute atomic E-state index is 12.5. The van der Waals surface area contributed by atoms with Gasteiger partial charge >= 0.3 is 0 Å². The van der Waals surface area contributed by atoms with Crippen LogP contribution in [0.5, 0.6) is 11.5 Å². The highest BCUT2D eigenvalue weighted by atomic mass is 32.2. The second-order valence-corrected chi connectivity index (χ2v) is 8.07. The predicted octanol–water partition coefficient (Wildman–Crippen LogP) is 0.602. The summed E-state index contributed by atoms with van der Waals surface area (Å²) in [7, 11) is -3.92. The van der Waals surface area contributed by atoms with Gasteiger partial charge in [-0.25, -0.2) is 12.7 Å². The summed E-state index contributed by atoms with van der Waals surface area (Å²) < 4.78 is 66.1. The summed E-state index contributed by atoms with van der Waals surface area (Å²) in [6, 6.07) is 4.36. The molecule has 0 amide bonds. The van der Waals surface area contributed by atoms with Gasteiger partial charge in [0.1, 0.15) is 16.4 Å². The van der Waals surface area contributed by atoms with E-state index in [0.717, 1.165) is 4.31 Å². The lowest BCUT2D eigenvalue weighted by Crippen LogP contribution is -2.29. The van der Waals surface area contributed by atoms with Crippen LogP contribution >= 0.6 is 0 Å². The van der Waals surface area contributed by atoms with Gasteiger partial charge in [-0.15, -0.1) is 0 Å². The molecule has 0 bridgehead atoms. The number of ether oxygens (including phenoxy) is 2. The Hall–Kier alpha value is -1.36. The summed E-state index contributed by atoms with van der Waals surface area (Å²) >= 11 is 0. The molecule has 0 saturated carbocycles. The standard InChI is InChI=1S/C12H19NO7S2/c1-13(7-4-8-21(14,15)16)22(17,18)12-9-10(19-2)5-6-11(12)20-3/h5-6,9H,4,7-8H2,1-3H3,(H,14,15,16). The summed E-state index contributed by atoms with van der Waals surface area (Å²) in [6.45, 7) is -0.0670. The number of hydrogen-bond acceptors (Lipinski definition) is 6. The van der Waals surface area contributed by atoms with Crippen molar-refractivity contribution < 1.29 is 30.9 Å². The molecule has 10 heteroatoms. The van der Waals surface area contributed by atoms with Crippen LogP contribution in [0.15, 0.2) is 23.1 Å². The normalized spacial score (nSPS) is 12.4. The number of methoxy groups -OCH3 is 2. The van der Waals surface area contributed by atoms with Crippen molar-refractivity contribution in [2.45, 2.75) is 11.3 Å². The zero-order valence-electron chi connectivity index (χ0n) is 12.5. The maximum Gasteiger partial charge on any atom is 0.264 e. The molecule has 0 spiro atoms.